The van der Waals surface area contributed by atoms with Crippen molar-refractivity contribution in [1.82, 2.24) is 9.80 Å². The number of aliphatic hydroxyl groups excluding tert-OH is 1. The smallest absolute Gasteiger partial charge is 0.310 e. The van der Waals surface area contributed by atoms with E-state index in [-0.39, 0.29) is 36.2 Å². The zero-order valence-corrected chi connectivity index (χ0v) is 21.3. The number of esters is 1. The first kappa shape index (κ1) is 26.8. The van der Waals surface area contributed by atoms with Crippen LogP contribution in [0.4, 0.5) is 0 Å². The van der Waals surface area contributed by atoms with Crippen LogP contribution in [0.15, 0.2) is 25.3 Å². The van der Waals surface area contributed by atoms with Crippen LogP contribution in [0.25, 0.3) is 0 Å². The highest BCUT2D eigenvalue weighted by atomic mass is 32.2. The molecular formula is C26H40N2O5S. The fourth-order valence-corrected chi connectivity index (χ4v) is 8.02. The largest absolute Gasteiger partial charge is 0.465 e. The van der Waals surface area contributed by atoms with Gasteiger partial charge in [-0.15, -0.1) is 24.9 Å². The molecule has 0 aromatic heterocycles. The molecular weight excluding hydrogens is 452 g/mol. The van der Waals surface area contributed by atoms with E-state index < -0.39 is 22.6 Å². The Hall–Kier alpha value is -1.80. The molecule has 3 rings (SSSR count). The summed E-state index contributed by atoms with van der Waals surface area (Å²) in [6, 6.07) is -0.572. The molecule has 5 atom stereocenters. The zero-order chi connectivity index (χ0) is 24.7. The summed E-state index contributed by atoms with van der Waals surface area (Å²) in [5.41, 5.74) is 0. The molecule has 34 heavy (non-hydrogen) atoms. The van der Waals surface area contributed by atoms with Gasteiger partial charge in [-0.05, 0) is 44.9 Å². The first-order chi connectivity index (χ1) is 16.5. The highest BCUT2D eigenvalue weighted by Crippen LogP contribution is 2.66. The maximum absolute atomic E-state index is 14.0. The molecule has 0 aliphatic carbocycles. The maximum atomic E-state index is 14.0. The van der Waals surface area contributed by atoms with E-state index in [1.54, 1.807) is 28.8 Å². The van der Waals surface area contributed by atoms with E-state index >= 15 is 0 Å². The monoisotopic (exact) mass is 492 g/mol. The van der Waals surface area contributed by atoms with Gasteiger partial charge >= 0.3 is 5.97 Å². The van der Waals surface area contributed by atoms with Crippen LogP contribution in [-0.2, 0) is 19.1 Å². The zero-order valence-electron chi connectivity index (χ0n) is 20.5. The molecule has 2 unspecified atom stereocenters. The van der Waals surface area contributed by atoms with Gasteiger partial charge in [0.1, 0.15) is 6.04 Å². The Morgan fingerprint density at radius 2 is 2.06 bits per heavy atom. The van der Waals surface area contributed by atoms with Crippen molar-refractivity contribution in [2.45, 2.75) is 74.3 Å². The molecule has 0 saturated carbocycles. The molecule has 3 aliphatic heterocycles. The van der Waals surface area contributed by atoms with Gasteiger partial charge in [-0.1, -0.05) is 25.5 Å². The number of carbonyl (C=O) groups is 3. The second kappa shape index (κ2) is 12.2. The van der Waals surface area contributed by atoms with Gasteiger partial charge in [-0.25, -0.2) is 0 Å². The van der Waals surface area contributed by atoms with Crippen molar-refractivity contribution in [3.05, 3.63) is 25.3 Å². The average molecular weight is 493 g/mol. The Morgan fingerprint density at radius 1 is 1.26 bits per heavy atom. The summed E-state index contributed by atoms with van der Waals surface area (Å²) in [5.74, 6) is -1.45. The lowest BCUT2D eigenvalue weighted by Gasteiger charge is -2.37. The first-order valence-electron chi connectivity index (χ1n) is 12.7. The van der Waals surface area contributed by atoms with Crippen molar-refractivity contribution < 1.29 is 24.2 Å². The van der Waals surface area contributed by atoms with Gasteiger partial charge in [-0.3, -0.25) is 14.4 Å². The molecule has 3 fully saturated rings. The molecule has 0 aromatic carbocycles. The molecule has 7 nitrogen and oxygen atoms in total. The number of nitrogens with zero attached hydrogens (tertiary/aromatic N) is 2. The Morgan fingerprint density at radius 3 is 2.74 bits per heavy atom. The summed E-state index contributed by atoms with van der Waals surface area (Å²) >= 11 is 1.68. The molecule has 3 heterocycles. The average Bonchev–Trinajstić information content (AvgIpc) is 3.46. The molecule has 1 spiro atoms. The number of thioether (sulfide) groups is 1. The minimum atomic E-state index is -0.580. The van der Waals surface area contributed by atoms with Crippen LogP contribution < -0.4 is 0 Å². The number of rotatable bonds is 15. The third-order valence-corrected chi connectivity index (χ3v) is 9.32. The standard InChI is InChI=1S/C26H40N2O5S/c1-4-7-15-27(14-6-3)24(31)22-26-13-12-19(34-26)20(25(32)33-18-8-5-2)21(26)23(30)28(22)16-10-9-11-17-29/h5-6,19-22,29H,2-4,7-18H2,1H3/t19-,20+,21+,22?,26?/m1/s1. The van der Waals surface area contributed by atoms with Crippen molar-refractivity contribution in [3.8, 4) is 0 Å². The van der Waals surface area contributed by atoms with Crippen LogP contribution in [0.5, 0.6) is 0 Å². The SMILES string of the molecule is C=CCCOC(=O)[C@@H]1[C@H]2C(=O)N(CCCCCO)C(C(=O)N(CC=C)CCCC)C23CC[C@H]1S3. The second-order valence-electron chi connectivity index (χ2n) is 9.54. The molecule has 2 bridgehead atoms. The lowest BCUT2D eigenvalue weighted by Crippen LogP contribution is -2.55. The predicted octanol–water partition coefficient (Wildman–Crippen LogP) is 3.17. The Bertz CT molecular complexity index is 774. The number of ether oxygens (including phenoxy) is 1. The molecule has 8 heteroatoms. The van der Waals surface area contributed by atoms with E-state index in [9.17, 15) is 14.4 Å². The lowest BCUT2D eigenvalue weighted by molar-refractivity contribution is -0.154. The first-order valence-corrected chi connectivity index (χ1v) is 13.6. The number of amides is 2. The van der Waals surface area contributed by atoms with Crippen molar-refractivity contribution >= 4 is 29.5 Å². The molecule has 190 valence electrons. The number of fused-ring (bicyclic) bond motifs is 1. The number of hydrogen-bond donors (Lipinski definition) is 1. The highest BCUT2D eigenvalue weighted by molar-refractivity contribution is 8.02. The summed E-state index contributed by atoms with van der Waals surface area (Å²) in [5, 5.41) is 9.17. The molecule has 3 aliphatic rings. The minimum Gasteiger partial charge on any atom is -0.465 e. The summed E-state index contributed by atoms with van der Waals surface area (Å²) < 4.78 is 4.94. The summed E-state index contributed by atoms with van der Waals surface area (Å²) in [6.45, 7) is 11.5. The second-order valence-corrected chi connectivity index (χ2v) is 11.1. The van der Waals surface area contributed by atoms with E-state index in [2.05, 4.69) is 20.1 Å². The normalized spacial score (nSPS) is 29.2. The van der Waals surface area contributed by atoms with Gasteiger partial charge in [0.05, 0.1) is 23.2 Å². The van der Waals surface area contributed by atoms with Crippen LogP contribution in [0, 0.1) is 11.8 Å². The quantitative estimate of drug-likeness (QED) is 0.215. The number of aliphatic hydroxyl groups is 1. The van der Waals surface area contributed by atoms with E-state index in [4.69, 9.17) is 9.84 Å². The fraction of sp³-hybridized carbons (Fsp3) is 0.731. The Labute approximate surface area is 208 Å². The van der Waals surface area contributed by atoms with E-state index in [0.29, 0.717) is 32.5 Å². The predicted molar refractivity (Wildman–Crippen MR) is 134 cm³/mol. The van der Waals surface area contributed by atoms with Crippen LogP contribution in [0.1, 0.15) is 58.3 Å². The number of hydrogen-bond acceptors (Lipinski definition) is 6. The molecule has 0 aromatic rings. The highest BCUT2D eigenvalue weighted by Gasteiger charge is 2.74. The van der Waals surface area contributed by atoms with Gasteiger partial charge in [0.15, 0.2) is 0 Å². The van der Waals surface area contributed by atoms with E-state index in [1.807, 2.05) is 4.90 Å². The van der Waals surface area contributed by atoms with Gasteiger partial charge in [0.25, 0.3) is 0 Å². The van der Waals surface area contributed by atoms with Gasteiger partial charge in [0, 0.05) is 31.5 Å². The third-order valence-electron chi connectivity index (χ3n) is 7.37. The van der Waals surface area contributed by atoms with E-state index in [1.165, 1.54) is 0 Å². The van der Waals surface area contributed by atoms with E-state index in [0.717, 1.165) is 38.5 Å². The lowest BCUT2D eigenvalue weighted by atomic mass is 9.71. The maximum Gasteiger partial charge on any atom is 0.310 e. The summed E-state index contributed by atoms with van der Waals surface area (Å²) in [6.07, 6.45) is 9.63. The van der Waals surface area contributed by atoms with Crippen LogP contribution in [0.2, 0.25) is 0 Å². The van der Waals surface area contributed by atoms with Gasteiger partial charge < -0.3 is 19.6 Å². The molecule has 0 radical (unpaired) electrons. The number of likely N-dealkylation sites (tertiary alicyclic amines) is 1. The third kappa shape index (κ3) is 5.08. The van der Waals surface area contributed by atoms with Crippen molar-refractivity contribution in [3.63, 3.8) is 0 Å². The van der Waals surface area contributed by atoms with Crippen LogP contribution in [0.3, 0.4) is 0 Å². The van der Waals surface area contributed by atoms with Crippen LogP contribution >= 0.6 is 11.8 Å². The molecule has 2 amide bonds. The number of carbonyl (C=O) groups excluding carboxylic acids is 3. The Kier molecular flexibility index (Phi) is 9.65. The molecule has 3 saturated heterocycles. The minimum absolute atomic E-state index is 0.0144. The molecule has 1 N–H and O–H groups in total. The van der Waals surface area contributed by atoms with Gasteiger partial charge in [0.2, 0.25) is 11.8 Å². The van der Waals surface area contributed by atoms with Crippen molar-refractivity contribution in [2.75, 3.05) is 32.8 Å². The Balaban J connectivity index is 1.91. The fourth-order valence-electron chi connectivity index (χ4n) is 5.82. The van der Waals surface area contributed by atoms with Gasteiger partial charge in [-0.2, -0.15) is 0 Å². The summed E-state index contributed by atoms with van der Waals surface area (Å²) in [4.78, 5) is 44.5. The number of unbranched alkanes of at least 4 members (excludes halogenated alkanes) is 3. The summed E-state index contributed by atoms with van der Waals surface area (Å²) in [7, 11) is 0. The van der Waals surface area contributed by atoms with Crippen molar-refractivity contribution in [1.29, 1.82) is 0 Å². The van der Waals surface area contributed by atoms with Crippen LogP contribution in [-0.4, -0.2) is 81.6 Å². The topological polar surface area (TPSA) is 87.1 Å². The van der Waals surface area contributed by atoms with Crippen molar-refractivity contribution in [2.24, 2.45) is 11.8 Å².